The van der Waals surface area contributed by atoms with Crippen LogP contribution >= 0.6 is 0 Å². The number of hydrogen-bond acceptors (Lipinski definition) is 4. The monoisotopic (exact) mass is 491 g/mol. The number of fused-ring (bicyclic) bond motifs is 1. The molecule has 1 aromatic carbocycles. The molecule has 0 aliphatic carbocycles. The van der Waals surface area contributed by atoms with Crippen molar-refractivity contribution < 1.29 is 37.1 Å². The number of aliphatic carboxylic acids is 1. The Labute approximate surface area is 197 Å². The second-order valence-electron chi connectivity index (χ2n) is 7.73. The van der Waals surface area contributed by atoms with Crippen LogP contribution in [-0.2, 0) is 20.8 Å². The molecule has 0 bridgehead atoms. The van der Waals surface area contributed by atoms with Gasteiger partial charge in [-0.2, -0.15) is 13.2 Å². The second kappa shape index (κ2) is 13.7. The minimum Gasteiger partial charge on any atom is -0.479 e. The maximum atomic E-state index is 12.7. The van der Waals surface area contributed by atoms with Crippen LogP contribution in [0.3, 0.4) is 0 Å². The topological polar surface area (TPSA) is 113 Å². The van der Waals surface area contributed by atoms with Gasteiger partial charge in [-0.05, 0) is 38.8 Å². The average Bonchev–Trinajstić information content (AvgIpc) is 3.16. The molecule has 0 radical (unpaired) electrons. The number of hydrogen-bond donors (Lipinski definition) is 3. The number of carbonyl (C=O) groups excluding carboxylic acids is 2. The molecule has 1 aliphatic heterocycles. The Hall–Kier alpha value is -2.95. The Bertz CT molecular complexity index is 849. The first-order valence-electron chi connectivity index (χ1n) is 10.7. The van der Waals surface area contributed by atoms with Gasteiger partial charge in [0.25, 0.3) is 5.91 Å². The predicted molar refractivity (Wildman–Crippen MR) is 122 cm³/mol. The number of amides is 2. The SMILES string of the molecule is CC.CC(C)(F)C(=O)O.C[C@H](N)C(=O)NC(/C=C/C(=O)N1CCc2ccccc21)CC(F)(F)F. The number of anilines is 1. The number of para-hydroxylation sites is 1. The van der Waals surface area contributed by atoms with E-state index in [4.69, 9.17) is 10.8 Å². The first-order chi connectivity index (χ1) is 15.6. The van der Waals surface area contributed by atoms with Crippen molar-refractivity contribution in [1.82, 2.24) is 5.32 Å². The van der Waals surface area contributed by atoms with E-state index in [0.717, 1.165) is 37.3 Å². The van der Waals surface area contributed by atoms with Crippen molar-refractivity contribution in [3.05, 3.63) is 42.0 Å². The molecule has 1 aromatic rings. The standard InChI is InChI=1S/C17H20F3N3O2.C4H7FO2.C2H6/c1-11(21)16(25)22-13(10-17(18,19)20)6-7-15(24)23-9-8-12-4-2-3-5-14(12)23;1-4(2,5)3(6)7;1-2/h2-7,11,13H,8-10,21H2,1H3,(H,22,25);1-2H3,(H,6,7);1-2H3/b7-6+;;/t11-,13?;;/m0../s1. The van der Waals surface area contributed by atoms with E-state index < -0.39 is 48.1 Å². The molecule has 1 heterocycles. The summed E-state index contributed by atoms with van der Waals surface area (Å²) in [6, 6.07) is 5.07. The Balaban J connectivity index is 0.00000104. The Morgan fingerprint density at radius 2 is 1.71 bits per heavy atom. The predicted octanol–water partition coefficient (Wildman–Crippen LogP) is 3.76. The van der Waals surface area contributed by atoms with E-state index in [-0.39, 0.29) is 0 Å². The zero-order valence-corrected chi connectivity index (χ0v) is 19.9. The lowest BCUT2D eigenvalue weighted by atomic mass is 10.1. The molecule has 2 rings (SSSR count). The molecule has 2 amide bonds. The molecule has 0 aromatic heterocycles. The van der Waals surface area contributed by atoms with E-state index in [1.807, 2.05) is 26.0 Å². The lowest BCUT2D eigenvalue weighted by Crippen LogP contribution is -2.44. The highest BCUT2D eigenvalue weighted by Gasteiger charge is 2.32. The molecule has 0 spiro atoms. The molecule has 0 saturated heterocycles. The van der Waals surface area contributed by atoms with Crippen LogP contribution in [0.15, 0.2) is 36.4 Å². The number of benzene rings is 1. The van der Waals surface area contributed by atoms with Gasteiger partial charge in [0, 0.05) is 18.3 Å². The number of carboxylic acids is 1. The van der Waals surface area contributed by atoms with E-state index in [2.05, 4.69) is 5.32 Å². The van der Waals surface area contributed by atoms with Crippen LogP contribution in [0.4, 0.5) is 23.2 Å². The normalized spacial score (nSPS) is 14.7. The van der Waals surface area contributed by atoms with Crippen molar-refractivity contribution in [3.8, 4) is 0 Å². The van der Waals surface area contributed by atoms with Crippen LogP contribution < -0.4 is 16.0 Å². The number of carboxylic acid groups (broad SMARTS) is 1. The molecule has 0 saturated carbocycles. The maximum Gasteiger partial charge on any atom is 0.391 e. The number of rotatable bonds is 6. The minimum atomic E-state index is -4.48. The van der Waals surface area contributed by atoms with E-state index >= 15 is 0 Å². The summed E-state index contributed by atoms with van der Waals surface area (Å²) in [5, 5.41) is 10.1. The Morgan fingerprint density at radius 3 is 2.18 bits per heavy atom. The maximum absolute atomic E-state index is 12.7. The van der Waals surface area contributed by atoms with Gasteiger partial charge in [0.05, 0.1) is 18.5 Å². The molecule has 0 fully saturated rings. The summed E-state index contributed by atoms with van der Waals surface area (Å²) in [6.45, 7) is 7.83. The van der Waals surface area contributed by atoms with Crippen LogP contribution in [0.1, 0.15) is 46.6 Å². The summed E-state index contributed by atoms with van der Waals surface area (Å²) in [5.74, 6) is -2.56. The summed E-state index contributed by atoms with van der Waals surface area (Å²) in [5.41, 5.74) is 5.05. The first-order valence-corrected chi connectivity index (χ1v) is 10.7. The zero-order chi connectivity index (χ0) is 26.7. The fraction of sp³-hybridized carbons (Fsp3) is 0.522. The van der Waals surface area contributed by atoms with E-state index in [9.17, 15) is 31.9 Å². The lowest BCUT2D eigenvalue weighted by Gasteiger charge is -2.19. The first kappa shape index (κ1) is 31.0. The van der Waals surface area contributed by atoms with Crippen LogP contribution in [0, 0.1) is 0 Å². The van der Waals surface area contributed by atoms with Crippen LogP contribution in [0.2, 0.25) is 0 Å². The minimum absolute atomic E-state index is 0.424. The fourth-order valence-electron chi connectivity index (χ4n) is 2.59. The molecule has 11 heteroatoms. The van der Waals surface area contributed by atoms with Crippen LogP contribution in [0.5, 0.6) is 0 Å². The zero-order valence-electron chi connectivity index (χ0n) is 19.9. The number of nitrogens with one attached hydrogen (secondary N) is 1. The fourth-order valence-corrected chi connectivity index (χ4v) is 2.59. The number of alkyl halides is 4. The van der Waals surface area contributed by atoms with Crippen molar-refractivity contribution in [1.29, 1.82) is 0 Å². The summed E-state index contributed by atoms with van der Waals surface area (Å²) in [4.78, 5) is 35.0. The molecule has 34 heavy (non-hydrogen) atoms. The Kier molecular flexibility index (Phi) is 12.5. The van der Waals surface area contributed by atoms with E-state index in [0.29, 0.717) is 13.0 Å². The molecule has 1 aliphatic rings. The average molecular weight is 492 g/mol. The molecule has 4 N–H and O–H groups in total. The smallest absolute Gasteiger partial charge is 0.391 e. The molecule has 2 atom stereocenters. The molecule has 1 unspecified atom stereocenters. The van der Waals surface area contributed by atoms with Gasteiger partial charge in [-0.3, -0.25) is 9.59 Å². The second-order valence-corrected chi connectivity index (χ2v) is 7.73. The highest BCUT2D eigenvalue weighted by molar-refractivity contribution is 6.03. The van der Waals surface area contributed by atoms with Gasteiger partial charge in [-0.25, -0.2) is 9.18 Å². The van der Waals surface area contributed by atoms with Gasteiger partial charge in [-0.1, -0.05) is 38.1 Å². The number of nitrogens with zero attached hydrogens (tertiary/aromatic N) is 1. The molecule has 7 nitrogen and oxygen atoms in total. The molecule has 192 valence electrons. The van der Waals surface area contributed by atoms with Gasteiger partial charge in [0.15, 0.2) is 0 Å². The lowest BCUT2D eigenvalue weighted by molar-refractivity contribution is -0.148. The van der Waals surface area contributed by atoms with Crippen molar-refractivity contribution in [3.63, 3.8) is 0 Å². The van der Waals surface area contributed by atoms with Crippen molar-refractivity contribution in [2.45, 2.75) is 71.4 Å². The Morgan fingerprint density at radius 1 is 1.18 bits per heavy atom. The molecular weight excluding hydrogens is 458 g/mol. The van der Waals surface area contributed by atoms with Gasteiger partial charge < -0.3 is 21.1 Å². The van der Waals surface area contributed by atoms with Crippen molar-refractivity contribution in [2.75, 3.05) is 11.4 Å². The van der Waals surface area contributed by atoms with E-state index in [1.165, 1.54) is 11.8 Å². The third-order valence-electron chi connectivity index (χ3n) is 4.33. The largest absolute Gasteiger partial charge is 0.479 e. The summed E-state index contributed by atoms with van der Waals surface area (Å²) in [7, 11) is 0. The van der Waals surface area contributed by atoms with E-state index in [1.54, 1.807) is 12.1 Å². The van der Waals surface area contributed by atoms with Crippen LogP contribution in [-0.4, -0.2) is 53.4 Å². The summed E-state index contributed by atoms with van der Waals surface area (Å²) in [6.07, 6.45) is -2.92. The van der Waals surface area contributed by atoms with Crippen molar-refractivity contribution in [2.24, 2.45) is 5.73 Å². The van der Waals surface area contributed by atoms with Crippen molar-refractivity contribution >= 4 is 23.5 Å². The summed E-state index contributed by atoms with van der Waals surface area (Å²) >= 11 is 0. The van der Waals surface area contributed by atoms with Gasteiger partial charge in [-0.15, -0.1) is 0 Å². The third-order valence-corrected chi connectivity index (χ3v) is 4.33. The summed E-state index contributed by atoms with van der Waals surface area (Å²) < 4.78 is 49.9. The highest BCUT2D eigenvalue weighted by atomic mass is 19.4. The van der Waals surface area contributed by atoms with Gasteiger partial charge in [0.1, 0.15) is 0 Å². The number of nitrogens with two attached hydrogens (primary N) is 1. The number of halogens is 4. The quantitative estimate of drug-likeness (QED) is 0.414. The van der Waals surface area contributed by atoms with Gasteiger partial charge >= 0.3 is 12.1 Å². The van der Waals surface area contributed by atoms with Crippen LogP contribution in [0.25, 0.3) is 0 Å². The third kappa shape index (κ3) is 11.3. The van der Waals surface area contributed by atoms with Gasteiger partial charge in [0.2, 0.25) is 11.6 Å². The highest BCUT2D eigenvalue weighted by Crippen LogP contribution is 2.28. The number of carbonyl (C=O) groups is 3. The molecular formula is C23H33F4N3O4.